The largest absolute Gasteiger partial charge is 0.370 e. The number of carbonyl (C=O) groups excluding carboxylic acids is 2. The van der Waals surface area contributed by atoms with Gasteiger partial charge in [0.1, 0.15) is 6.10 Å². The minimum atomic E-state index is -0.570. The molecule has 1 atom stereocenters. The zero-order valence-electron chi connectivity index (χ0n) is 10.5. The lowest BCUT2D eigenvalue weighted by Gasteiger charge is -2.24. The first kappa shape index (κ1) is 13.9. The van der Waals surface area contributed by atoms with Gasteiger partial charge in [-0.25, -0.2) is 0 Å². The molecule has 0 bridgehead atoms. The summed E-state index contributed by atoms with van der Waals surface area (Å²) in [5.74, 6) is -0.0261. The Morgan fingerprint density at radius 1 is 1.24 bits per heavy atom. The van der Waals surface area contributed by atoms with Crippen LogP contribution in [0.4, 0.5) is 0 Å². The number of hydrogen-bond donors (Lipinski definition) is 1. The lowest BCUT2D eigenvalue weighted by molar-refractivity contribution is -0.141. The highest BCUT2D eigenvalue weighted by atomic mass is 16.5. The van der Waals surface area contributed by atoms with Crippen LogP contribution in [0.1, 0.15) is 13.3 Å². The van der Waals surface area contributed by atoms with Gasteiger partial charge < -0.3 is 20.3 Å². The van der Waals surface area contributed by atoms with E-state index in [1.165, 1.54) is 7.11 Å². The molecule has 2 amide bonds. The number of hydrogen-bond acceptors (Lipinski definition) is 4. The van der Waals surface area contributed by atoms with Crippen molar-refractivity contribution in [3.05, 3.63) is 0 Å². The van der Waals surface area contributed by atoms with E-state index < -0.39 is 6.10 Å². The van der Waals surface area contributed by atoms with Crippen molar-refractivity contribution in [3.8, 4) is 0 Å². The van der Waals surface area contributed by atoms with Crippen LogP contribution in [-0.4, -0.2) is 67.6 Å². The lowest BCUT2D eigenvalue weighted by Crippen LogP contribution is -2.45. The molecule has 17 heavy (non-hydrogen) atoms. The summed E-state index contributed by atoms with van der Waals surface area (Å²) in [7, 11) is 1.48. The van der Waals surface area contributed by atoms with E-state index in [0.29, 0.717) is 26.2 Å². The van der Waals surface area contributed by atoms with Crippen LogP contribution in [0.2, 0.25) is 0 Å². The molecule has 1 saturated heterocycles. The highest BCUT2D eigenvalue weighted by Crippen LogP contribution is 2.06. The molecule has 6 nitrogen and oxygen atoms in total. The molecule has 0 spiro atoms. The highest BCUT2D eigenvalue weighted by Gasteiger charge is 2.25. The van der Waals surface area contributed by atoms with Crippen molar-refractivity contribution < 1.29 is 14.3 Å². The third kappa shape index (κ3) is 3.67. The molecular formula is C11H21N3O3. The summed E-state index contributed by atoms with van der Waals surface area (Å²) >= 11 is 0. The monoisotopic (exact) mass is 243 g/mol. The summed E-state index contributed by atoms with van der Waals surface area (Å²) < 4.78 is 5.03. The average molecular weight is 243 g/mol. The molecule has 0 aromatic carbocycles. The maximum Gasteiger partial charge on any atom is 0.253 e. The van der Waals surface area contributed by atoms with Crippen LogP contribution in [0, 0.1) is 0 Å². The zero-order valence-corrected chi connectivity index (χ0v) is 10.5. The van der Waals surface area contributed by atoms with Crippen LogP contribution in [0.25, 0.3) is 0 Å². The Morgan fingerprint density at radius 2 is 1.82 bits per heavy atom. The van der Waals surface area contributed by atoms with Crippen molar-refractivity contribution >= 4 is 11.8 Å². The predicted octanol–water partition coefficient (Wildman–Crippen LogP) is -0.959. The molecule has 1 aliphatic heterocycles. The van der Waals surface area contributed by atoms with E-state index in [0.717, 1.165) is 6.42 Å². The second-order valence-electron chi connectivity index (χ2n) is 4.14. The standard InChI is InChI=1S/C11H21N3O3/c1-9(15)13-4-3-5-14(7-6-13)11(16)10(8-12)17-2/h10H,3-8,12H2,1-2H3. The molecular weight excluding hydrogens is 222 g/mol. The third-order valence-electron chi connectivity index (χ3n) is 3.03. The predicted molar refractivity (Wildman–Crippen MR) is 63.3 cm³/mol. The quantitative estimate of drug-likeness (QED) is 0.693. The molecule has 1 aliphatic rings. The highest BCUT2D eigenvalue weighted by molar-refractivity contribution is 5.81. The fraction of sp³-hybridized carbons (Fsp3) is 0.818. The molecule has 2 N–H and O–H groups in total. The number of nitrogens with zero attached hydrogens (tertiary/aromatic N) is 2. The summed E-state index contributed by atoms with van der Waals surface area (Å²) in [6.45, 7) is 4.24. The Labute approximate surface area is 102 Å². The Bertz CT molecular complexity index is 279. The van der Waals surface area contributed by atoms with Gasteiger partial charge in [-0.3, -0.25) is 9.59 Å². The number of ether oxygens (including phenoxy) is 1. The Kier molecular flexibility index (Phi) is 5.37. The lowest BCUT2D eigenvalue weighted by atomic mass is 10.3. The van der Waals surface area contributed by atoms with Crippen LogP contribution in [0.15, 0.2) is 0 Å². The summed E-state index contributed by atoms with van der Waals surface area (Å²) in [5.41, 5.74) is 5.47. The number of rotatable bonds is 3. The van der Waals surface area contributed by atoms with Crippen LogP contribution in [0.5, 0.6) is 0 Å². The smallest absolute Gasteiger partial charge is 0.253 e. The number of methoxy groups -OCH3 is 1. The summed E-state index contributed by atoms with van der Waals surface area (Å²) in [6.07, 6.45) is 0.227. The van der Waals surface area contributed by atoms with E-state index in [2.05, 4.69) is 0 Å². The van der Waals surface area contributed by atoms with Crippen molar-refractivity contribution in [1.29, 1.82) is 0 Å². The number of carbonyl (C=O) groups is 2. The molecule has 0 aromatic heterocycles. The molecule has 1 unspecified atom stereocenters. The molecule has 1 rings (SSSR count). The van der Waals surface area contributed by atoms with E-state index in [1.54, 1.807) is 16.7 Å². The van der Waals surface area contributed by atoms with E-state index in [1.807, 2.05) is 0 Å². The fourth-order valence-electron chi connectivity index (χ4n) is 1.95. The zero-order chi connectivity index (χ0) is 12.8. The van der Waals surface area contributed by atoms with Gasteiger partial charge in [0.2, 0.25) is 5.91 Å². The van der Waals surface area contributed by atoms with Crippen molar-refractivity contribution in [3.63, 3.8) is 0 Å². The van der Waals surface area contributed by atoms with Gasteiger partial charge in [-0.05, 0) is 6.42 Å². The molecule has 0 aliphatic carbocycles. The second kappa shape index (κ2) is 6.56. The third-order valence-corrected chi connectivity index (χ3v) is 3.03. The van der Waals surface area contributed by atoms with Crippen molar-refractivity contribution in [2.75, 3.05) is 39.8 Å². The molecule has 0 radical (unpaired) electrons. The number of amides is 2. The molecule has 1 fully saturated rings. The van der Waals surface area contributed by atoms with E-state index >= 15 is 0 Å². The van der Waals surface area contributed by atoms with Crippen LogP contribution < -0.4 is 5.73 Å². The summed E-state index contributed by atoms with van der Waals surface area (Å²) in [5, 5.41) is 0. The first-order chi connectivity index (χ1) is 8.10. The molecule has 0 saturated carbocycles. The molecule has 0 aromatic rings. The van der Waals surface area contributed by atoms with Gasteiger partial charge in [0.25, 0.3) is 5.91 Å². The van der Waals surface area contributed by atoms with Crippen molar-refractivity contribution in [1.82, 2.24) is 9.80 Å². The van der Waals surface area contributed by atoms with Crippen LogP contribution >= 0.6 is 0 Å². The fourth-order valence-corrected chi connectivity index (χ4v) is 1.95. The first-order valence-electron chi connectivity index (χ1n) is 5.87. The second-order valence-corrected chi connectivity index (χ2v) is 4.14. The normalized spacial score (nSPS) is 18.8. The SMILES string of the molecule is COC(CN)C(=O)N1CCCN(C(C)=O)CC1. The molecule has 6 heteroatoms. The van der Waals surface area contributed by atoms with Gasteiger partial charge in [-0.2, -0.15) is 0 Å². The minimum absolute atomic E-state index is 0.0569. The topological polar surface area (TPSA) is 75.9 Å². The Morgan fingerprint density at radius 3 is 2.35 bits per heavy atom. The van der Waals surface area contributed by atoms with Gasteiger partial charge in [-0.15, -0.1) is 0 Å². The van der Waals surface area contributed by atoms with Gasteiger partial charge >= 0.3 is 0 Å². The van der Waals surface area contributed by atoms with Crippen molar-refractivity contribution in [2.24, 2.45) is 5.73 Å². The average Bonchev–Trinajstić information content (AvgIpc) is 2.55. The first-order valence-corrected chi connectivity index (χ1v) is 5.87. The summed E-state index contributed by atoms with van der Waals surface area (Å²) in [4.78, 5) is 26.7. The van der Waals surface area contributed by atoms with Crippen LogP contribution in [0.3, 0.4) is 0 Å². The Hall–Kier alpha value is -1.14. The van der Waals surface area contributed by atoms with Gasteiger partial charge in [0.15, 0.2) is 0 Å². The van der Waals surface area contributed by atoms with E-state index in [-0.39, 0.29) is 18.4 Å². The Balaban J connectivity index is 2.56. The van der Waals surface area contributed by atoms with E-state index in [9.17, 15) is 9.59 Å². The van der Waals surface area contributed by atoms with Crippen LogP contribution in [-0.2, 0) is 14.3 Å². The molecule has 98 valence electrons. The summed E-state index contributed by atoms with van der Waals surface area (Å²) in [6, 6.07) is 0. The minimum Gasteiger partial charge on any atom is -0.370 e. The molecule has 1 heterocycles. The van der Waals surface area contributed by atoms with Gasteiger partial charge in [0.05, 0.1) is 0 Å². The maximum atomic E-state index is 12.0. The van der Waals surface area contributed by atoms with Crippen molar-refractivity contribution in [2.45, 2.75) is 19.4 Å². The van der Waals surface area contributed by atoms with E-state index in [4.69, 9.17) is 10.5 Å². The number of nitrogens with two attached hydrogens (primary N) is 1. The van der Waals surface area contributed by atoms with Gasteiger partial charge in [-0.1, -0.05) is 0 Å². The maximum absolute atomic E-state index is 12.0. The van der Waals surface area contributed by atoms with Gasteiger partial charge in [0, 0.05) is 46.8 Å².